The summed E-state index contributed by atoms with van der Waals surface area (Å²) in [4.78, 5) is 17.6. The lowest BCUT2D eigenvalue weighted by Gasteiger charge is -2.58. The van der Waals surface area contributed by atoms with Crippen molar-refractivity contribution in [2.24, 2.45) is 17.8 Å². The Morgan fingerprint density at radius 2 is 1.72 bits per heavy atom. The summed E-state index contributed by atoms with van der Waals surface area (Å²) in [6, 6.07) is 12.0. The summed E-state index contributed by atoms with van der Waals surface area (Å²) in [5.41, 5.74) is 0.394. The minimum Gasteiger partial charge on any atom is -0.415 e. The van der Waals surface area contributed by atoms with Crippen molar-refractivity contribution in [2.45, 2.75) is 69.8 Å². The number of ether oxygens (including phenoxy) is 1. The first-order valence-electron chi connectivity index (χ1n) is 15.3. The maximum atomic E-state index is 11.1. The molecule has 0 amide bonds. The van der Waals surface area contributed by atoms with Crippen molar-refractivity contribution in [2.75, 3.05) is 28.6 Å². The Hall–Kier alpha value is -3.61. The second-order valence-electron chi connectivity index (χ2n) is 12.9. The van der Waals surface area contributed by atoms with Gasteiger partial charge in [0, 0.05) is 30.8 Å². The van der Waals surface area contributed by atoms with E-state index in [1.807, 2.05) is 36.4 Å². The minimum atomic E-state index is -0.479. The molecule has 5 aliphatic rings. The molecule has 43 heavy (non-hydrogen) atoms. The molecule has 5 fully saturated rings. The van der Waals surface area contributed by atoms with Crippen molar-refractivity contribution in [3.05, 3.63) is 42.6 Å². The van der Waals surface area contributed by atoms with Crippen LogP contribution < -0.4 is 15.5 Å². The molecule has 9 rings (SSSR count). The van der Waals surface area contributed by atoms with Gasteiger partial charge in [-0.3, -0.25) is 0 Å². The van der Waals surface area contributed by atoms with Gasteiger partial charge in [0.1, 0.15) is 16.5 Å². The molecule has 12 heteroatoms. The van der Waals surface area contributed by atoms with E-state index < -0.39 is 5.60 Å². The predicted molar refractivity (Wildman–Crippen MR) is 164 cm³/mol. The number of rotatable bonds is 7. The topological polar surface area (TPSA) is 134 Å². The summed E-state index contributed by atoms with van der Waals surface area (Å²) >= 11 is 1.43. The third-order valence-corrected chi connectivity index (χ3v) is 10.3. The molecular formula is C31H36N8O3S. The average molecular weight is 601 g/mol. The second-order valence-corrected chi connectivity index (χ2v) is 13.9. The van der Waals surface area contributed by atoms with Crippen LogP contribution in [0.5, 0.6) is 0 Å². The highest BCUT2D eigenvalue weighted by molar-refractivity contribution is 7.18. The van der Waals surface area contributed by atoms with Crippen LogP contribution in [0.3, 0.4) is 0 Å². The van der Waals surface area contributed by atoms with E-state index in [9.17, 15) is 5.11 Å². The van der Waals surface area contributed by atoms with Gasteiger partial charge in [-0.1, -0.05) is 29.5 Å². The van der Waals surface area contributed by atoms with E-state index in [-0.39, 0.29) is 18.2 Å². The van der Waals surface area contributed by atoms with Crippen LogP contribution in [0.25, 0.3) is 22.2 Å². The number of anilines is 4. The van der Waals surface area contributed by atoms with Crippen LogP contribution in [0.15, 0.2) is 47.0 Å². The number of aliphatic hydroxyl groups is 1. The standard InChI is InChI=1S/C31H36N8O3S/c1-17-15-39(16-18(2)41-17)25-10-24(33-29(35-25)36-26-21-8-19-9-22(26)13-31(40,11-19)12-21)34-30-32-14-23(43-30)28-38-37-27(42-28)20-6-4-3-5-7-20/h3-7,10,14,17-19,21-22,26,40H,8-9,11-13,15-16H2,1-2H3,(H2,32,33,34,35,36)/t17-,18+,19?,21?,22?,26?,31?. The largest absolute Gasteiger partial charge is 0.415 e. The zero-order chi connectivity index (χ0) is 29.1. The number of nitrogens with zero attached hydrogens (tertiary/aromatic N) is 6. The van der Waals surface area contributed by atoms with E-state index in [0.29, 0.717) is 46.4 Å². The smallest absolute Gasteiger partial charge is 0.259 e. The summed E-state index contributed by atoms with van der Waals surface area (Å²) in [5.74, 6) is 4.56. The molecule has 1 aliphatic heterocycles. The van der Waals surface area contributed by atoms with E-state index in [1.165, 1.54) is 24.2 Å². The fourth-order valence-corrected chi connectivity index (χ4v) is 8.76. The molecule has 0 spiro atoms. The number of hydrogen-bond acceptors (Lipinski definition) is 12. The van der Waals surface area contributed by atoms with E-state index in [1.54, 1.807) is 6.20 Å². The third-order valence-electron chi connectivity index (χ3n) is 9.39. The molecule has 1 aromatic carbocycles. The lowest BCUT2D eigenvalue weighted by molar-refractivity contribution is -0.129. The molecule has 4 aliphatic carbocycles. The summed E-state index contributed by atoms with van der Waals surface area (Å²) in [6.45, 7) is 5.70. The Kier molecular flexibility index (Phi) is 6.61. The molecule has 2 unspecified atom stereocenters. The van der Waals surface area contributed by atoms with Crippen molar-refractivity contribution in [3.63, 3.8) is 0 Å². The van der Waals surface area contributed by atoms with Crippen molar-refractivity contribution in [1.29, 1.82) is 0 Å². The molecule has 4 aromatic rings. The highest BCUT2D eigenvalue weighted by Crippen LogP contribution is 2.56. The van der Waals surface area contributed by atoms with Crippen LogP contribution in [0.1, 0.15) is 46.0 Å². The SMILES string of the molecule is C[C@@H]1CN(c2cc(Nc3ncc(-c4nnc(-c5ccccc5)o4)s3)nc(NC3C4CC5CC3CC(O)(C5)C4)n2)C[C@H](C)O1. The first-order chi connectivity index (χ1) is 20.9. The van der Waals surface area contributed by atoms with Crippen LogP contribution in [0.4, 0.5) is 22.7 Å². The van der Waals surface area contributed by atoms with Crippen LogP contribution in [-0.2, 0) is 4.74 Å². The molecule has 1 saturated heterocycles. The van der Waals surface area contributed by atoms with Gasteiger partial charge in [-0.2, -0.15) is 9.97 Å². The molecule has 11 nitrogen and oxygen atoms in total. The maximum Gasteiger partial charge on any atom is 0.259 e. The molecule has 3 N–H and O–H groups in total. The van der Waals surface area contributed by atoms with Gasteiger partial charge >= 0.3 is 0 Å². The first-order valence-corrected chi connectivity index (χ1v) is 16.1. The summed E-state index contributed by atoms with van der Waals surface area (Å²) in [7, 11) is 0. The monoisotopic (exact) mass is 600 g/mol. The fourth-order valence-electron chi connectivity index (χ4n) is 8.02. The molecule has 4 bridgehead atoms. The zero-order valence-electron chi connectivity index (χ0n) is 24.3. The Labute approximate surface area is 254 Å². The Balaban J connectivity index is 1.06. The van der Waals surface area contributed by atoms with Gasteiger partial charge in [0.05, 0.1) is 24.0 Å². The normalized spacial score (nSPS) is 31.4. The van der Waals surface area contributed by atoms with Gasteiger partial charge in [-0.15, -0.1) is 10.2 Å². The highest BCUT2D eigenvalue weighted by Gasteiger charge is 2.54. The molecule has 4 saturated carbocycles. The Morgan fingerprint density at radius 1 is 0.977 bits per heavy atom. The van der Waals surface area contributed by atoms with Crippen LogP contribution in [0, 0.1) is 17.8 Å². The third kappa shape index (κ3) is 5.36. The van der Waals surface area contributed by atoms with Gasteiger partial charge < -0.3 is 29.8 Å². The Bertz CT molecular complexity index is 1590. The van der Waals surface area contributed by atoms with E-state index in [2.05, 4.69) is 44.6 Å². The molecule has 4 atom stereocenters. The zero-order valence-corrected chi connectivity index (χ0v) is 25.1. The lowest BCUT2D eigenvalue weighted by atomic mass is 9.52. The molecular weight excluding hydrogens is 564 g/mol. The number of nitrogens with one attached hydrogen (secondary N) is 2. The number of thiazole rings is 1. The van der Waals surface area contributed by atoms with Gasteiger partial charge in [0.2, 0.25) is 11.8 Å². The van der Waals surface area contributed by atoms with Crippen molar-refractivity contribution in [3.8, 4) is 22.2 Å². The summed E-state index contributed by atoms with van der Waals surface area (Å²) < 4.78 is 11.9. The Morgan fingerprint density at radius 3 is 2.47 bits per heavy atom. The second kappa shape index (κ2) is 10.5. The van der Waals surface area contributed by atoms with Gasteiger partial charge in [0.25, 0.3) is 5.89 Å². The van der Waals surface area contributed by atoms with E-state index in [4.69, 9.17) is 19.1 Å². The molecule has 4 heterocycles. The number of hydrogen-bond donors (Lipinski definition) is 3. The summed E-state index contributed by atoms with van der Waals surface area (Å²) in [5, 5.41) is 27.4. The number of morpholine rings is 1. The molecule has 3 aromatic heterocycles. The van der Waals surface area contributed by atoms with Crippen molar-refractivity contribution >= 4 is 34.1 Å². The van der Waals surface area contributed by atoms with Gasteiger partial charge in [-0.25, -0.2) is 4.98 Å². The lowest BCUT2D eigenvalue weighted by Crippen LogP contribution is -2.59. The predicted octanol–water partition coefficient (Wildman–Crippen LogP) is 5.36. The van der Waals surface area contributed by atoms with E-state index in [0.717, 1.165) is 48.6 Å². The average Bonchev–Trinajstić information content (AvgIpc) is 3.64. The van der Waals surface area contributed by atoms with Crippen molar-refractivity contribution < 1.29 is 14.3 Å². The van der Waals surface area contributed by atoms with Gasteiger partial charge in [0.15, 0.2) is 5.13 Å². The number of aromatic nitrogens is 5. The highest BCUT2D eigenvalue weighted by atomic mass is 32.1. The van der Waals surface area contributed by atoms with E-state index >= 15 is 0 Å². The number of benzene rings is 1. The fraction of sp³-hybridized carbons (Fsp3) is 0.516. The molecule has 224 valence electrons. The maximum absolute atomic E-state index is 11.1. The van der Waals surface area contributed by atoms with Crippen LogP contribution in [0.2, 0.25) is 0 Å². The minimum absolute atomic E-state index is 0.105. The van der Waals surface area contributed by atoms with Crippen LogP contribution >= 0.6 is 11.3 Å². The van der Waals surface area contributed by atoms with Crippen molar-refractivity contribution in [1.82, 2.24) is 25.1 Å². The van der Waals surface area contributed by atoms with Crippen LogP contribution in [-0.4, -0.2) is 67.2 Å². The first kappa shape index (κ1) is 27.0. The molecule has 0 radical (unpaired) electrons. The van der Waals surface area contributed by atoms with Gasteiger partial charge in [-0.05, 0) is 75.8 Å². The quantitative estimate of drug-likeness (QED) is 0.253. The summed E-state index contributed by atoms with van der Waals surface area (Å²) in [6.07, 6.45) is 6.98.